The Morgan fingerprint density at radius 2 is 2.29 bits per heavy atom. The Balaban J connectivity index is 1.65. The van der Waals surface area contributed by atoms with Crippen molar-refractivity contribution in [3.8, 4) is 0 Å². The maximum atomic E-state index is 12.7. The van der Waals surface area contributed by atoms with Gasteiger partial charge in [-0.25, -0.2) is 9.97 Å². The predicted molar refractivity (Wildman–Crippen MR) is 86.3 cm³/mol. The molecule has 0 saturated carbocycles. The van der Waals surface area contributed by atoms with Gasteiger partial charge in [0.25, 0.3) is 0 Å². The van der Waals surface area contributed by atoms with E-state index in [9.17, 15) is 4.79 Å². The summed E-state index contributed by atoms with van der Waals surface area (Å²) in [6.07, 6.45) is 4.38. The van der Waals surface area contributed by atoms with Crippen LogP contribution in [0.4, 0.5) is 0 Å². The number of rotatable bonds is 4. The fourth-order valence-electron chi connectivity index (χ4n) is 2.98. The molecule has 1 atom stereocenters. The van der Waals surface area contributed by atoms with Crippen LogP contribution in [0.15, 0.2) is 23.1 Å². The molecule has 3 heterocycles. The SMILES string of the molecule is Cc1noc(C)c1CC(=O)N1CCOCC(Cc2ccncn2)C1. The zero-order chi connectivity index (χ0) is 16.9. The van der Waals surface area contributed by atoms with Crippen molar-refractivity contribution in [3.63, 3.8) is 0 Å². The van der Waals surface area contributed by atoms with Crippen LogP contribution in [0.5, 0.6) is 0 Å². The zero-order valence-electron chi connectivity index (χ0n) is 14.1. The Morgan fingerprint density at radius 3 is 3.00 bits per heavy atom. The number of aromatic nitrogens is 3. The van der Waals surface area contributed by atoms with Gasteiger partial charge in [-0.05, 0) is 26.3 Å². The van der Waals surface area contributed by atoms with Crippen LogP contribution in [0.1, 0.15) is 22.7 Å². The highest BCUT2D eigenvalue weighted by Gasteiger charge is 2.24. The van der Waals surface area contributed by atoms with E-state index in [1.165, 1.54) is 0 Å². The van der Waals surface area contributed by atoms with E-state index in [1.54, 1.807) is 12.5 Å². The highest BCUT2D eigenvalue weighted by Crippen LogP contribution is 2.17. The molecule has 1 unspecified atom stereocenters. The number of hydrogen-bond donors (Lipinski definition) is 0. The van der Waals surface area contributed by atoms with E-state index in [-0.39, 0.29) is 11.8 Å². The van der Waals surface area contributed by atoms with E-state index in [2.05, 4.69) is 15.1 Å². The lowest BCUT2D eigenvalue weighted by Gasteiger charge is -2.23. The summed E-state index contributed by atoms with van der Waals surface area (Å²) in [5, 5.41) is 3.92. The Bertz CT molecular complexity index is 667. The lowest BCUT2D eigenvalue weighted by Crippen LogP contribution is -2.37. The molecule has 2 aromatic rings. The van der Waals surface area contributed by atoms with E-state index in [4.69, 9.17) is 9.26 Å². The van der Waals surface area contributed by atoms with E-state index in [0.29, 0.717) is 38.5 Å². The Morgan fingerprint density at radius 1 is 1.42 bits per heavy atom. The van der Waals surface area contributed by atoms with Gasteiger partial charge in [0.1, 0.15) is 12.1 Å². The summed E-state index contributed by atoms with van der Waals surface area (Å²) < 4.78 is 10.8. The molecule has 0 spiro atoms. The van der Waals surface area contributed by atoms with Gasteiger partial charge in [0, 0.05) is 36.5 Å². The summed E-state index contributed by atoms with van der Waals surface area (Å²) in [6, 6.07) is 1.90. The molecule has 3 rings (SSSR count). The number of aryl methyl sites for hydroxylation is 2. The van der Waals surface area contributed by atoms with Gasteiger partial charge in [0.05, 0.1) is 25.3 Å². The van der Waals surface area contributed by atoms with Crippen LogP contribution in [0.2, 0.25) is 0 Å². The van der Waals surface area contributed by atoms with Crippen LogP contribution < -0.4 is 0 Å². The van der Waals surface area contributed by atoms with E-state index >= 15 is 0 Å². The molecule has 128 valence electrons. The average molecular weight is 330 g/mol. The average Bonchev–Trinajstić information content (AvgIpc) is 2.79. The molecule has 1 fully saturated rings. The predicted octanol–water partition coefficient (Wildman–Crippen LogP) is 1.34. The molecule has 2 aromatic heterocycles. The lowest BCUT2D eigenvalue weighted by molar-refractivity contribution is -0.130. The second-order valence-corrected chi connectivity index (χ2v) is 6.17. The van der Waals surface area contributed by atoms with Crippen molar-refractivity contribution >= 4 is 5.91 Å². The van der Waals surface area contributed by atoms with Crippen molar-refractivity contribution in [1.82, 2.24) is 20.0 Å². The first-order valence-electron chi connectivity index (χ1n) is 8.15. The molecule has 0 N–H and O–H groups in total. The summed E-state index contributed by atoms with van der Waals surface area (Å²) in [7, 11) is 0. The normalized spacial score (nSPS) is 18.4. The van der Waals surface area contributed by atoms with Gasteiger partial charge in [-0.3, -0.25) is 4.79 Å². The number of carbonyl (C=O) groups excluding carboxylic acids is 1. The van der Waals surface area contributed by atoms with Crippen molar-refractivity contribution in [2.75, 3.05) is 26.3 Å². The molecular weight excluding hydrogens is 308 g/mol. The molecule has 1 saturated heterocycles. The van der Waals surface area contributed by atoms with Crippen molar-refractivity contribution in [3.05, 3.63) is 41.3 Å². The highest BCUT2D eigenvalue weighted by molar-refractivity contribution is 5.79. The van der Waals surface area contributed by atoms with Gasteiger partial charge in [-0.1, -0.05) is 5.16 Å². The van der Waals surface area contributed by atoms with Gasteiger partial charge in [0.2, 0.25) is 5.91 Å². The topological polar surface area (TPSA) is 81.4 Å². The summed E-state index contributed by atoms with van der Waals surface area (Å²) in [4.78, 5) is 22.8. The molecule has 24 heavy (non-hydrogen) atoms. The fraction of sp³-hybridized carbons (Fsp3) is 0.529. The third-order valence-electron chi connectivity index (χ3n) is 4.34. The Labute approximate surface area is 141 Å². The van der Waals surface area contributed by atoms with Gasteiger partial charge in [-0.2, -0.15) is 0 Å². The zero-order valence-corrected chi connectivity index (χ0v) is 14.1. The smallest absolute Gasteiger partial charge is 0.227 e. The Kier molecular flexibility index (Phi) is 5.20. The van der Waals surface area contributed by atoms with E-state index in [1.807, 2.05) is 24.8 Å². The highest BCUT2D eigenvalue weighted by atomic mass is 16.5. The van der Waals surface area contributed by atoms with Crippen LogP contribution >= 0.6 is 0 Å². The first-order valence-corrected chi connectivity index (χ1v) is 8.15. The number of hydrogen-bond acceptors (Lipinski definition) is 6. The number of carbonyl (C=O) groups is 1. The van der Waals surface area contributed by atoms with Gasteiger partial charge >= 0.3 is 0 Å². The fourth-order valence-corrected chi connectivity index (χ4v) is 2.98. The molecule has 0 aliphatic carbocycles. The van der Waals surface area contributed by atoms with Crippen LogP contribution in [0, 0.1) is 19.8 Å². The quantitative estimate of drug-likeness (QED) is 0.841. The first kappa shape index (κ1) is 16.6. The molecule has 0 aromatic carbocycles. The molecule has 0 bridgehead atoms. The third-order valence-corrected chi connectivity index (χ3v) is 4.34. The van der Waals surface area contributed by atoms with Gasteiger partial charge in [0.15, 0.2) is 0 Å². The minimum atomic E-state index is 0.0857. The summed E-state index contributed by atoms with van der Waals surface area (Å²) >= 11 is 0. The Hall–Kier alpha value is -2.28. The molecular formula is C17H22N4O3. The summed E-state index contributed by atoms with van der Waals surface area (Å²) in [5.74, 6) is 1.03. The van der Waals surface area contributed by atoms with Crippen molar-refractivity contribution < 1.29 is 14.1 Å². The van der Waals surface area contributed by atoms with Crippen molar-refractivity contribution in [2.24, 2.45) is 5.92 Å². The molecule has 1 aliphatic heterocycles. The van der Waals surface area contributed by atoms with Crippen molar-refractivity contribution in [2.45, 2.75) is 26.7 Å². The summed E-state index contributed by atoms with van der Waals surface area (Å²) in [6.45, 7) is 6.19. The third kappa shape index (κ3) is 3.97. The number of amides is 1. The van der Waals surface area contributed by atoms with Crippen LogP contribution in [-0.2, 0) is 22.4 Å². The molecule has 1 amide bonds. The second kappa shape index (κ2) is 7.53. The summed E-state index contributed by atoms with van der Waals surface area (Å²) in [5.41, 5.74) is 2.64. The lowest BCUT2D eigenvalue weighted by atomic mass is 10.0. The van der Waals surface area contributed by atoms with Crippen LogP contribution in [-0.4, -0.2) is 52.2 Å². The van der Waals surface area contributed by atoms with Crippen LogP contribution in [0.3, 0.4) is 0 Å². The van der Waals surface area contributed by atoms with Gasteiger partial charge < -0.3 is 14.2 Å². The molecule has 1 aliphatic rings. The largest absolute Gasteiger partial charge is 0.379 e. The van der Waals surface area contributed by atoms with E-state index in [0.717, 1.165) is 23.4 Å². The van der Waals surface area contributed by atoms with E-state index < -0.39 is 0 Å². The molecule has 7 nitrogen and oxygen atoms in total. The number of ether oxygens (including phenoxy) is 1. The monoisotopic (exact) mass is 330 g/mol. The van der Waals surface area contributed by atoms with Crippen molar-refractivity contribution in [1.29, 1.82) is 0 Å². The maximum Gasteiger partial charge on any atom is 0.227 e. The maximum absolute atomic E-state index is 12.7. The molecule has 0 radical (unpaired) electrons. The minimum absolute atomic E-state index is 0.0857. The molecule has 7 heteroatoms. The van der Waals surface area contributed by atoms with Crippen LogP contribution in [0.25, 0.3) is 0 Å². The second-order valence-electron chi connectivity index (χ2n) is 6.17. The first-order chi connectivity index (χ1) is 11.6. The standard InChI is InChI=1S/C17H22N4O3/c1-12-16(13(2)24-20-12)8-17(22)21-5-6-23-10-14(9-21)7-15-3-4-18-11-19-15/h3-4,11,14H,5-10H2,1-2H3. The minimum Gasteiger partial charge on any atom is -0.379 e. The number of nitrogens with zero attached hydrogens (tertiary/aromatic N) is 4. The van der Waals surface area contributed by atoms with Gasteiger partial charge in [-0.15, -0.1) is 0 Å².